The Kier molecular flexibility index (Phi) is 6.07. The summed E-state index contributed by atoms with van der Waals surface area (Å²) in [7, 11) is 0. The molecule has 4 rings (SSSR count). The Balaban J connectivity index is 1.49. The molecule has 0 N–H and O–H groups in total. The predicted octanol–water partition coefficient (Wildman–Crippen LogP) is 8.91. The van der Waals surface area contributed by atoms with Crippen LogP contribution >= 0.6 is 0 Å². The molecule has 0 heterocycles. The van der Waals surface area contributed by atoms with Crippen molar-refractivity contribution < 1.29 is 0 Å². The van der Waals surface area contributed by atoms with Gasteiger partial charge in [-0.25, -0.2) is 0 Å². The minimum absolute atomic E-state index is 0.549. The minimum Gasteiger partial charge on any atom is -0.0845 e. The maximum Gasteiger partial charge on any atom is -0.00851 e. The fourth-order valence-corrected chi connectivity index (χ4v) is 8.88. The molecule has 4 aliphatic rings. The molecule has 0 nitrogen and oxygen atoms in total. The third-order valence-corrected chi connectivity index (χ3v) is 11.3. The minimum atomic E-state index is 0.549. The van der Waals surface area contributed by atoms with Crippen molar-refractivity contribution in [2.24, 2.45) is 58.2 Å². The van der Waals surface area contributed by atoms with E-state index in [4.69, 9.17) is 0 Å². The van der Waals surface area contributed by atoms with E-state index in [0.717, 1.165) is 47.3 Å². The van der Waals surface area contributed by atoms with E-state index in [2.05, 4.69) is 54.5 Å². The molecule has 0 aliphatic heterocycles. The summed E-state index contributed by atoms with van der Waals surface area (Å²) in [6.45, 7) is 17.8. The summed E-state index contributed by atoms with van der Waals surface area (Å²) < 4.78 is 0. The summed E-state index contributed by atoms with van der Waals surface area (Å²) in [4.78, 5) is 0. The van der Waals surface area contributed by atoms with Crippen LogP contribution in [0.15, 0.2) is 11.6 Å². The molecule has 0 spiro atoms. The zero-order valence-corrected chi connectivity index (χ0v) is 20.8. The third-order valence-electron chi connectivity index (χ3n) is 11.3. The molecule has 4 aliphatic carbocycles. The fourth-order valence-electron chi connectivity index (χ4n) is 8.88. The molecule has 0 unspecified atom stereocenters. The van der Waals surface area contributed by atoms with Crippen molar-refractivity contribution in [3.8, 4) is 0 Å². The molecular weight excluding hydrogens is 348 g/mol. The van der Waals surface area contributed by atoms with Crippen LogP contribution in [-0.2, 0) is 0 Å². The van der Waals surface area contributed by atoms with Crippen molar-refractivity contribution in [2.75, 3.05) is 0 Å². The zero-order chi connectivity index (χ0) is 21.0. The normalized spacial score (nSPS) is 46.5. The molecular formula is C29H50. The van der Waals surface area contributed by atoms with Gasteiger partial charge in [0.25, 0.3) is 0 Å². The van der Waals surface area contributed by atoms with Gasteiger partial charge in [0.2, 0.25) is 0 Å². The molecule has 0 aromatic carbocycles. The molecule has 9 atom stereocenters. The van der Waals surface area contributed by atoms with Gasteiger partial charge in [0, 0.05) is 0 Å². The molecule has 0 bridgehead atoms. The molecule has 0 radical (unpaired) electrons. The molecule has 0 heteroatoms. The fraction of sp³-hybridized carbons (Fsp3) is 0.931. The lowest BCUT2D eigenvalue weighted by atomic mass is 9.46. The lowest BCUT2D eigenvalue weighted by Crippen LogP contribution is -2.50. The third kappa shape index (κ3) is 3.67. The largest absolute Gasteiger partial charge is 0.0845 e. The van der Waals surface area contributed by atoms with Crippen LogP contribution < -0.4 is 0 Å². The Morgan fingerprint density at radius 3 is 2.41 bits per heavy atom. The average molecular weight is 399 g/mol. The first-order valence-corrected chi connectivity index (χ1v) is 13.4. The van der Waals surface area contributed by atoms with Crippen LogP contribution in [0, 0.1) is 58.2 Å². The molecule has 3 fully saturated rings. The highest BCUT2D eigenvalue weighted by Gasteiger charge is 2.58. The summed E-state index contributed by atoms with van der Waals surface area (Å²) in [6.07, 6.45) is 17.5. The summed E-state index contributed by atoms with van der Waals surface area (Å²) in [5, 5.41) is 0. The van der Waals surface area contributed by atoms with Crippen molar-refractivity contribution in [1.82, 2.24) is 0 Å². The standard InChI is InChI=1S/C29H50/c1-19(2)21(4)8-9-22(5)25-12-13-26-24-11-10-23-18-20(3)14-16-28(23,6)27(24)15-17-29(25,26)7/h10,19-22,24-27H,8-9,11-18H2,1-7H3/t20-,21+,22+,24-,25+,26-,27-,28-,29+/m0/s1. The van der Waals surface area contributed by atoms with E-state index in [1.807, 2.05) is 5.57 Å². The van der Waals surface area contributed by atoms with Crippen LogP contribution in [0.25, 0.3) is 0 Å². The molecule has 0 saturated heterocycles. The number of hydrogen-bond acceptors (Lipinski definition) is 0. The van der Waals surface area contributed by atoms with E-state index in [0.29, 0.717) is 10.8 Å². The quantitative estimate of drug-likeness (QED) is 0.405. The lowest BCUT2D eigenvalue weighted by molar-refractivity contribution is -0.0525. The van der Waals surface area contributed by atoms with Crippen LogP contribution in [0.1, 0.15) is 113 Å². The van der Waals surface area contributed by atoms with Crippen LogP contribution in [0.5, 0.6) is 0 Å². The van der Waals surface area contributed by atoms with Crippen molar-refractivity contribution in [2.45, 2.75) is 113 Å². The smallest absolute Gasteiger partial charge is 0.00851 e. The van der Waals surface area contributed by atoms with Crippen LogP contribution in [0.2, 0.25) is 0 Å². The number of fused-ring (bicyclic) bond motifs is 5. The van der Waals surface area contributed by atoms with Gasteiger partial charge in [-0.2, -0.15) is 0 Å². The Hall–Kier alpha value is -0.260. The van der Waals surface area contributed by atoms with Gasteiger partial charge in [-0.1, -0.05) is 73.0 Å². The monoisotopic (exact) mass is 398 g/mol. The van der Waals surface area contributed by atoms with Crippen LogP contribution in [0.3, 0.4) is 0 Å². The maximum absolute atomic E-state index is 2.75. The second-order valence-electron chi connectivity index (χ2n) is 13.1. The highest BCUT2D eigenvalue weighted by atomic mass is 14.6. The SMILES string of the molecule is CC(C)[C@H](C)CC[C@@H](C)[C@H]1CC[C@H]2[C@@H]3CC=C4C[C@@H](C)CC[C@]4(C)[C@H]3CC[C@]12C. The Bertz CT molecular complexity index is 614. The van der Waals surface area contributed by atoms with Crippen LogP contribution in [-0.4, -0.2) is 0 Å². The molecule has 29 heavy (non-hydrogen) atoms. The number of allylic oxidation sites excluding steroid dienone is 2. The van der Waals surface area contributed by atoms with Crippen molar-refractivity contribution in [3.05, 3.63) is 11.6 Å². The molecule has 0 aromatic heterocycles. The average Bonchev–Trinajstić information content (AvgIpc) is 3.03. The second-order valence-corrected chi connectivity index (χ2v) is 13.1. The topological polar surface area (TPSA) is 0 Å². The summed E-state index contributed by atoms with van der Waals surface area (Å²) in [6, 6.07) is 0. The zero-order valence-electron chi connectivity index (χ0n) is 20.8. The van der Waals surface area contributed by atoms with Gasteiger partial charge in [0.1, 0.15) is 0 Å². The first-order chi connectivity index (χ1) is 13.7. The summed E-state index contributed by atoms with van der Waals surface area (Å²) in [5.41, 5.74) is 3.05. The first kappa shape index (κ1) is 22.0. The Morgan fingerprint density at radius 1 is 0.931 bits per heavy atom. The van der Waals surface area contributed by atoms with Gasteiger partial charge in [-0.15, -0.1) is 0 Å². The Morgan fingerprint density at radius 2 is 1.69 bits per heavy atom. The maximum atomic E-state index is 2.75. The Labute approximate surface area is 182 Å². The van der Waals surface area contributed by atoms with Crippen LogP contribution in [0.4, 0.5) is 0 Å². The van der Waals surface area contributed by atoms with Gasteiger partial charge >= 0.3 is 0 Å². The van der Waals surface area contributed by atoms with Crippen molar-refractivity contribution in [1.29, 1.82) is 0 Å². The highest BCUT2D eigenvalue weighted by molar-refractivity contribution is 5.25. The van der Waals surface area contributed by atoms with E-state index >= 15 is 0 Å². The summed E-state index contributed by atoms with van der Waals surface area (Å²) >= 11 is 0. The summed E-state index contributed by atoms with van der Waals surface area (Å²) in [5.74, 6) is 7.53. The van der Waals surface area contributed by atoms with Gasteiger partial charge in [-0.05, 0) is 110 Å². The van der Waals surface area contributed by atoms with Crippen molar-refractivity contribution in [3.63, 3.8) is 0 Å². The number of rotatable bonds is 5. The van der Waals surface area contributed by atoms with Gasteiger partial charge in [-0.3, -0.25) is 0 Å². The van der Waals surface area contributed by atoms with Gasteiger partial charge in [0.05, 0.1) is 0 Å². The van der Waals surface area contributed by atoms with E-state index in [9.17, 15) is 0 Å². The van der Waals surface area contributed by atoms with E-state index < -0.39 is 0 Å². The molecule has 0 amide bonds. The van der Waals surface area contributed by atoms with E-state index in [-0.39, 0.29) is 0 Å². The highest BCUT2D eigenvalue weighted by Crippen LogP contribution is 2.67. The first-order valence-electron chi connectivity index (χ1n) is 13.4. The van der Waals surface area contributed by atoms with E-state index in [1.54, 1.807) is 0 Å². The van der Waals surface area contributed by atoms with Gasteiger partial charge in [0.15, 0.2) is 0 Å². The van der Waals surface area contributed by atoms with E-state index in [1.165, 1.54) is 64.2 Å². The van der Waals surface area contributed by atoms with Gasteiger partial charge < -0.3 is 0 Å². The lowest BCUT2D eigenvalue weighted by Gasteiger charge is -2.58. The molecule has 0 aromatic rings. The second kappa shape index (κ2) is 8.02. The molecule has 166 valence electrons. The predicted molar refractivity (Wildman–Crippen MR) is 127 cm³/mol. The molecule has 3 saturated carbocycles. The van der Waals surface area contributed by atoms with Crippen molar-refractivity contribution >= 4 is 0 Å². The number of hydrogen-bond donors (Lipinski definition) is 0.